The summed E-state index contributed by atoms with van der Waals surface area (Å²) in [6.45, 7) is 4.99. The first-order valence-electron chi connectivity index (χ1n) is 4.89. The topological polar surface area (TPSA) is 34.5 Å². The van der Waals surface area contributed by atoms with E-state index in [1.165, 1.54) is 0 Å². The molecule has 3 heteroatoms. The Balaban J connectivity index is 2.18. The van der Waals surface area contributed by atoms with Gasteiger partial charge in [-0.15, -0.1) is 0 Å². The van der Waals surface area contributed by atoms with Crippen molar-refractivity contribution in [3.63, 3.8) is 0 Å². The molecule has 0 bridgehead atoms. The van der Waals surface area contributed by atoms with E-state index in [2.05, 4.69) is 23.8 Å². The summed E-state index contributed by atoms with van der Waals surface area (Å²) in [4.78, 5) is 8.69. The molecule has 1 aliphatic rings. The average molecular weight is 190 g/mol. The molecule has 2 heterocycles. The molecule has 0 N–H and O–H groups in total. The van der Waals surface area contributed by atoms with Crippen molar-refractivity contribution < 1.29 is 4.74 Å². The lowest BCUT2D eigenvalue weighted by Crippen LogP contribution is -2.13. The largest absolute Gasteiger partial charge is 0.474 e. The summed E-state index contributed by atoms with van der Waals surface area (Å²) in [7, 11) is 0. The van der Waals surface area contributed by atoms with Gasteiger partial charge in [0.2, 0.25) is 5.90 Å². The van der Waals surface area contributed by atoms with Crippen LogP contribution in [0.2, 0.25) is 0 Å². The highest BCUT2D eigenvalue weighted by Crippen LogP contribution is 2.16. The first-order valence-corrected chi connectivity index (χ1v) is 4.89. The van der Waals surface area contributed by atoms with Gasteiger partial charge in [-0.1, -0.05) is 19.9 Å². The average Bonchev–Trinajstić information content (AvgIpc) is 2.68. The third kappa shape index (κ3) is 1.76. The van der Waals surface area contributed by atoms with Gasteiger partial charge in [0.25, 0.3) is 0 Å². The summed E-state index contributed by atoms with van der Waals surface area (Å²) < 4.78 is 5.50. The molecule has 74 valence electrons. The van der Waals surface area contributed by atoms with E-state index in [4.69, 9.17) is 4.74 Å². The van der Waals surface area contributed by atoms with Gasteiger partial charge in [0.1, 0.15) is 12.3 Å². The molecule has 3 nitrogen and oxygen atoms in total. The summed E-state index contributed by atoms with van der Waals surface area (Å²) in [5.41, 5.74) is 0.829. The smallest absolute Gasteiger partial charge is 0.235 e. The van der Waals surface area contributed by atoms with Crippen LogP contribution in [0.1, 0.15) is 19.5 Å². The van der Waals surface area contributed by atoms with Crippen LogP contribution >= 0.6 is 0 Å². The van der Waals surface area contributed by atoms with Gasteiger partial charge >= 0.3 is 0 Å². The maximum Gasteiger partial charge on any atom is 0.235 e. The van der Waals surface area contributed by atoms with Crippen LogP contribution in [0.4, 0.5) is 0 Å². The number of nitrogens with zero attached hydrogens (tertiary/aromatic N) is 2. The minimum atomic E-state index is 0.284. The van der Waals surface area contributed by atoms with Crippen LogP contribution in [0.25, 0.3) is 0 Å². The first kappa shape index (κ1) is 9.19. The Morgan fingerprint density at radius 3 is 2.86 bits per heavy atom. The number of ether oxygens (including phenoxy) is 1. The van der Waals surface area contributed by atoms with Crippen molar-refractivity contribution in [2.24, 2.45) is 10.9 Å². The molecule has 0 fully saturated rings. The molecule has 1 unspecified atom stereocenters. The van der Waals surface area contributed by atoms with Gasteiger partial charge in [-0.05, 0) is 18.1 Å². The van der Waals surface area contributed by atoms with E-state index < -0.39 is 0 Å². The second-order valence-corrected chi connectivity index (χ2v) is 3.77. The molecule has 1 aromatic rings. The third-order valence-corrected chi connectivity index (χ3v) is 2.33. The van der Waals surface area contributed by atoms with Gasteiger partial charge in [0, 0.05) is 6.20 Å². The standard InChI is InChI=1S/C11H14N2O/c1-8(2)10-7-14-11(13-10)9-5-3-4-6-12-9/h3-6,8,10H,7H2,1-2H3. The Kier molecular flexibility index (Phi) is 2.48. The molecule has 1 atom stereocenters. The van der Waals surface area contributed by atoms with Crippen LogP contribution in [-0.4, -0.2) is 23.5 Å². The van der Waals surface area contributed by atoms with E-state index in [9.17, 15) is 0 Å². The van der Waals surface area contributed by atoms with Gasteiger partial charge < -0.3 is 4.74 Å². The molecular weight excluding hydrogens is 176 g/mol. The SMILES string of the molecule is CC(C)C1COC(c2ccccn2)=N1. The Morgan fingerprint density at radius 2 is 2.29 bits per heavy atom. The van der Waals surface area contributed by atoms with Crippen molar-refractivity contribution in [2.45, 2.75) is 19.9 Å². The van der Waals surface area contributed by atoms with E-state index in [-0.39, 0.29) is 6.04 Å². The monoisotopic (exact) mass is 190 g/mol. The fourth-order valence-electron chi connectivity index (χ4n) is 1.36. The summed E-state index contributed by atoms with van der Waals surface area (Å²) in [6.07, 6.45) is 1.75. The van der Waals surface area contributed by atoms with E-state index in [1.807, 2.05) is 18.2 Å². The lowest BCUT2D eigenvalue weighted by atomic mass is 10.1. The molecule has 0 amide bonds. The van der Waals surface area contributed by atoms with Gasteiger partial charge in [0.15, 0.2) is 0 Å². The van der Waals surface area contributed by atoms with Crippen LogP contribution in [0.15, 0.2) is 29.4 Å². The quantitative estimate of drug-likeness (QED) is 0.713. The summed E-state index contributed by atoms with van der Waals surface area (Å²) in [6, 6.07) is 6.03. The van der Waals surface area contributed by atoms with Crippen molar-refractivity contribution in [2.75, 3.05) is 6.61 Å². The molecule has 0 aromatic carbocycles. The van der Waals surface area contributed by atoms with Gasteiger partial charge in [-0.3, -0.25) is 4.98 Å². The van der Waals surface area contributed by atoms with E-state index >= 15 is 0 Å². The zero-order chi connectivity index (χ0) is 9.97. The Labute approximate surface area is 83.8 Å². The number of aromatic nitrogens is 1. The fourth-order valence-corrected chi connectivity index (χ4v) is 1.36. The molecule has 2 rings (SSSR count). The lowest BCUT2D eigenvalue weighted by molar-refractivity contribution is 0.291. The van der Waals surface area contributed by atoms with Crippen LogP contribution in [0, 0.1) is 5.92 Å². The second kappa shape index (κ2) is 3.78. The predicted molar refractivity (Wildman–Crippen MR) is 55.4 cm³/mol. The summed E-state index contributed by atoms with van der Waals surface area (Å²) in [5.74, 6) is 1.21. The van der Waals surface area contributed by atoms with Gasteiger partial charge in [0.05, 0.1) is 6.04 Å². The molecule has 0 saturated heterocycles. The third-order valence-electron chi connectivity index (χ3n) is 2.33. The molecule has 0 spiro atoms. The summed E-state index contributed by atoms with van der Waals surface area (Å²) >= 11 is 0. The Morgan fingerprint density at radius 1 is 1.43 bits per heavy atom. The number of aliphatic imine (C=N–C) groups is 1. The lowest BCUT2D eigenvalue weighted by Gasteiger charge is -2.06. The number of pyridine rings is 1. The molecular formula is C11H14N2O. The predicted octanol–water partition coefficient (Wildman–Crippen LogP) is 1.88. The van der Waals surface area contributed by atoms with E-state index in [0.29, 0.717) is 18.4 Å². The molecule has 1 aliphatic heterocycles. The molecule has 0 aliphatic carbocycles. The van der Waals surface area contributed by atoms with Crippen LogP contribution in [0.3, 0.4) is 0 Å². The Bertz CT molecular complexity index is 332. The highest BCUT2D eigenvalue weighted by atomic mass is 16.5. The number of hydrogen-bond acceptors (Lipinski definition) is 3. The van der Waals surface area contributed by atoms with Crippen LogP contribution in [0.5, 0.6) is 0 Å². The highest BCUT2D eigenvalue weighted by molar-refractivity contribution is 5.93. The highest BCUT2D eigenvalue weighted by Gasteiger charge is 2.22. The van der Waals surface area contributed by atoms with Crippen molar-refractivity contribution in [1.29, 1.82) is 0 Å². The Hall–Kier alpha value is -1.38. The van der Waals surface area contributed by atoms with E-state index in [1.54, 1.807) is 6.20 Å². The number of rotatable bonds is 2. The fraction of sp³-hybridized carbons (Fsp3) is 0.455. The maximum absolute atomic E-state index is 5.50. The minimum Gasteiger partial charge on any atom is -0.474 e. The van der Waals surface area contributed by atoms with E-state index in [0.717, 1.165) is 5.69 Å². The van der Waals surface area contributed by atoms with Crippen molar-refractivity contribution in [3.8, 4) is 0 Å². The second-order valence-electron chi connectivity index (χ2n) is 3.77. The molecule has 14 heavy (non-hydrogen) atoms. The molecule has 0 saturated carbocycles. The van der Waals surface area contributed by atoms with Crippen molar-refractivity contribution in [3.05, 3.63) is 30.1 Å². The van der Waals surface area contributed by atoms with Crippen LogP contribution < -0.4 is 0 Å². The zero-order valence-electron chi connectivity index (χ0n) is 8.47. The van der Waals surface area contributed by atoms with Crippen molar-refractivity contribution in [1.82, 2.24) is 4.98 Å². The minimum absolute atomic E-state index is 0.284. The zero-order valence-corrected chi connectivity index (χ0v) is 8.47. The van der Waals surface area contributed by atoms with Gasteiger partial charge in [-0.25, -0.2) is 4.99 Å². The van der Waals surface area contributed by atoms with Crippen molar-refractivity contribution >= 4 is 5.90 Å². The summed E-state index contributed by atoms with van der Waals surface area (Å²) in [5, 5.41) is 0. The molecule has 1 aromatic heterocycles. The van der Waals surface area contributed by atoms with Gasteiger partial charge in [-0.2, -0.15) is 0 Å². The van der Waals surface area contributed by atoms with Crippen LogP contribution in [-0.2, 0) is 4.74 Å². The molecule has 0 radical (unpaired) electrons. The number of hydrogen-bond donors (Lipinski definition) is 0. The maximum atomic E-state index is 5.50. The normalized spacial score (nSPS) is 20.8. The first-order chi connectivity index (χ1) is 6.77.